The quantitative estimate of drug-likeness (QED) is 0.680. The summed E-state index contributed by atoms with van der Waals surface area (Å²) in [6, 6.07) is 8.81. The molecule has 0 radical (unpaired) electrons. The molecule has 2 aromatic rings. The molecule has 1 nitrogen and oxygen atoms in total. The minimum absolute atomic E-state index is 0.168. The lowest BCUT2D eigenvalue weighted by molar-refractivity contribution is 0.627. The SMILES string of the molecule is Fc1cc(Cl)c(NC2CCc3cc(Cl)ccc32)c(Br)c1. The van der Waals surface area contributed by atoms with Crippen molar-refractivity contribution >= 4 is 44.8 Å². The van der Waals surface area contributed by atoms with E-state index in [1.165, 1.54) is 23.3 Å². The van der Waals surface area contributed by atoms with E-state index in [-0.39, 0.29) is 11.9 Å². The topological polar surface area (TPSA) is 12.0 Å². The second-order valence-electron chi connectivity index (χ2n) is 4.82. The molecule has 1 aliphatic carbocycles. The van der Waals surface area contributed by atoms with Crippen LogP contribution in [0.3, 0.4) is 0 Å². The molecule has 0 bridgehead atoms. The monoisotopic (exact) mass is 373 g/mol. The Balaban J connectivity index is 1.91. The van der Waals surface area contributed by atoms with E-state index in [1.807, 2.05) is 18.2 Å². The number of anilines is 1. The molecule has 1 unspecified atom stereocenters. The molecular formula is C15H11BrCl2FN. The highest BCUT2D eigenvalue weighted by Gasteiger charge is 2.24. The number of halogens is 4. The zero-order valence-corrected chi connectivity index (χ0v) is 13.5. The Morgan fingerprint density at radius 2 is 2.00 bits per heavy atom. The maximum Gasteiger partial charge on any atom is 0.125 e. The van der Waals surface area contributed by atoms with Gasteiger partial charge in [0.2, 0.25) is 0 Å². The largest absolute Gasteiger partial charge is 0.376 e. The van der Waals surface area contributed by atoms with Crippen LogP contribution in [0.2, 0.25) is 10.0 Å². The molecule has 20 heavy (non-hydrogen) atoms. The van der Waals surface area contributed by atoms with Gasteiger partial charge in [-0.25, -0.2) is 4.39 Å². The highest BCUT2D eigenvalue weighted by Crippen LogP contribution is 2.39. The average molecular weight is 375 g/mol. The predicted octanol–water partition coefficient (Wildman–Crippen LogP) is 5.99. The zero-order chi connectivity index (χ0) is 14.3. The predicted molar refractivity (Wildman–Crippen MR) is 85.2 cm³/mol. The molecule has 5 heteroatoms. The van der Waals surface area contributed by atoms with E-state index in [1.54, 1.807) is 0 Å². The standard InChI is InChI=1S/C15H11BrCl2FN/c16-12-6-10(19)7-13(18)15(12)20-14-4-1-8-5-9(17)2-3-11(8)14/h2-3,5-7,14,20H,1,4H2. The molecule has 0 amide bonds. The Labute approximate surface area is 135 Å². The van der Waals surface area contributed by atoms with E-state index in [2.05, 4.69) is 21.2 Å². The van der Waals surface area contributed by atoms with Gasteiger partial charge >= 0.3 is 0 Å². The lowest BCUT2D eigenvalue weighted by Crippen LogP contribution is -2.08. The van der Waals surface area contributed by atoms with Gasteiger partial charge in [0.1, 0.15) is 5.82 Å². The molecule has 0 aromatic heterocycles. The summed E-state index contributed by atoms with van der Waals surface area (Å²) in [7, 11) is 0. The van der Waals surface area contributed by atoms with Crippen LogP contribution >= 0.6 is 39.1 Å². The minimum Gasteiger partial charge on any atom is -0.376 e. The van der Waals surface area contributed by atoms with Gasteiger partial charge in [0, 0.05) is 9.50 Å². The van der Waals surface area contributed by atoms with Gasteiger partial charge in [-0.05, 0) is 64.2 Å². The van der Waals surface area contributed by atoms with Crippen molar-refractivity contribution in [1.82, 2.24) is 0 Å². The lowest BCUT2D eigenvalue weighted by atomic mass is 10.1. The molecule has 1 atom stereocenters. The van der Waals surface area contributed by atoms with Crippen molar-refractivity contribution < 1.29 is 4.39 Å². The Morgan fingerprint density at radius 3 is 2.75 bits per heavy atom. The van der Waals surface area contributed by atoms with E-state index < -0.39 is 0 Å². The molecular weight excluding hydrogens is 364 g/mol. The van der Waals surface area contributed by atoms with Gasteiger partial charge in [0.15, 0.2) is 0 Å². The van der Waals surface area contributed by atoms with Crippen LogP contribution in [0, 0.1) is 5.82 Å². The fraction of sp³-hybridized carbons (Fsp3) is 0.200. The number of hydrogen-bond donors (Lipinski definition) is 1. The summed E-state index contributed by atoms with van der Waals surface area (Å²) >= 11 is 15.5. The van der Waals surface area contributed by atoms with Crippen molar-refractivity contribution in [3.05, 3.63) is 61.8 Å². The summed E-state index contributed by atoms with van der Waals surface area (Å²) in [6.07, 6.45) is 1.94. The smallest absolute Gasteiger partial charge is 0.125 e. The molecule has 0 saturated heterocycles. The average Bonchev–Trinajstić information content (AvgIpc) is 2.76. The number of benzene rings is 2. The molecule has 3 rings (SSSR count). The minimum atomic E-state index is -0.356. The van der Waals surface area contributed by atoms with Crippen molar-refractivity contribution in [3.63, 3.8) is 0 Å². The van der Waals surface area contributed by atoms with Crippen LogP contribution in [-0.4, -0.2) is 0 Å². The van der Waals surface area contributed by atoms with E-state index >= 15 is 0 Å². The fourth-order valence-electron chi connectivity index (χ4n) is 2.59. The normalized spacial score (nSPS) is 17.1. The third-order valence-corrected chi connectivity index (χ3v) is 4.67. The lowest BCUT2D eigenvalue weighted by Gasteiger charge is -2.18. The van der Waals surface area contributed by atoms with Crippen LogP contribution in [-0.2, 0) is 6.42 Å². The summed E-state index contributed by atoms with van der Waals surface area (Å²) < 4.78 is 13.9. The summed E-state index contributed by atoms with van der Waals surface area (Å²) in [5, 5.41) is 4.52. The van der Waals surface area contributed by atoms with Gasteiger partial charge in [0.05, 0.1) is 16.8 Å². The van der Waals surface area contributed by atoms with Gasteiger partial charge in [-0.2, -0.15) is 0 Å². The zero-order valence-electron chi connectivity index (χ0n) is 10.4. The van der Waals surface area contributed by atoms with E-state index in [0.717, 1.165) is 23.6 Å². The van der Waals surface area contributed by atoms with Gasteiger partial charge in [0.25, 0.3) is 0 Å². The Bertz CT molecular complexity index is 652. The molecule has 1 N–H and O–H groups in total. The number of fused-ring (bicyclic) bond motifs is 1. The maximum atomic E-state index is 13.2. The first-order valence-corrected chi connectivity index (χ1v) is 7.79. The van der Waals surface area contributed by atoms with Crippen molar-refractivity contribution in [1.29, 1.82) is 0 Å². The molecule has 0 saturated carbocycles. The van der Waals surface area contributed by atoms with Crippen LogP contribution < -0.4 is 5.32 Å². The van der Waals surface area contributed by atoms with Crippen molar-refractivity contribution in [2.24, 2.45) is 0 Å². The second kappa shape index (κ2) is 5.55. The Kier molecular flexibility index (Phi) is 3.93. The molecule has 2 aromatic carbocycles. The molecule has 0 spiro atoms. The number of hydrogen-bond acceptors (Lipinski definition) is 1. The highest BCUT2D eigenvalue weighted by molar-refractivity contribution is 9.10. The number of rotatable bonds is 2. The molecule has 1 aliphatic rings. The van der Waals surface area contributed by atoms with Crippen molar-refractivity contribution in [3.8, 4) is 0 Å². The van der Waals surface area contributed by atoms with E-state index in [4.69, 9.17) is 23.2 Å². The van der Waals surface area contributed by atoms with Gasteiger partial charge in [-0.15, -0.1) is 0 Å². The molecule has 0 fully saturated rings. The highest BCUT2D eigenvalue weighted by atomic mass is 79.9. The first-order valence-electron chi connectivity index (χ1n) is 6.24. The van der Waals surface area contributed by atoms with Gasteiger partial charge < -0.3 is 5.32 Å². The van der Waals surface area contributed by atoms with Crippen LogP contribution in [0.4, 0.5) is 10.1 Å². The Hall–Kier alpha value is -0.770. The van der Waals surface area contributed by atoms with Crippen LogP contribution in [0.25, 0.3) is 0 Å². The first kappa shape index (κ1) is 14.2. The number of aryl methyl sites for hydroxylation is 1. The van der Waals surface area contributed by atoms with E-state index in [9.17, 15) is 4.39 Å². The Morgan fingerprint density at radius 1 is 1.20 bits per heavy atom. The summed E-state index contributed by atoms with van der Waals surface area (Å²) in [6.45, 7) is 0. The summed E-state index contributed by atoms with van der Waals surface area (Å²) in [4.78, 5) is 0. The third-order valence-electron chi connectivity index (χ3n) is 3.51. The summed E-state index contributed by atoms with van der Waals surface area (Å²) in [5.41, 5.74) is 3.20. The van der Waals surface area contributed by atoms with Crippen molar-refractivity contribution in [2.75, 3.05) is 5.32 Å². The van der Waals surface area contributed by atoms with Crippen molar-refractivity contribution in [2.45, 2.75) is 18.9 Å². The molecule has 104 valence electrons. The van der Waals surface area contributed by atoms with Gasteiger partial charge in [-0.1, -0.05) is 29.3 Å². The fourth-order valence-corrected chi connectivity index (χ4v) is 3.71. The van der Waals surface area contributed by atoms with Crippen LogP contribution in [0.1, 0.15) is 23.6 Å². The molecule has 0 heterocycles. The van der Waals surface area contributed by atoms with Gasteiger partial charge in [-0.3, -0.25) is 0 Å². The number of nitrogens with one attached hydrogen (secondary N) is 1. The van der Waals surface area contributed by atoms with E-state index in [0.29, 0.717) is 9.50 Å². The molecule has 0 aliphatic heterocycles. The van der Waals surface area contributed by atoms with Crippen LogP contribution in [0.15, 0.2) is 34.8 Å². The third kappa shape index (κ3) is 2.67. The second-order valence-corrected chi connectivity index (χ2v) is 6.52. The summed E-state index contributed by atoms with van der Waals surface area (Å²) in [5.74, 6) is -0.356. The first-order chi connectivity index (χ1) is 9.54. The van der Waals surface area contributed by atoms with Crippen LogP contribution in [0.5, 0.6) is 0 Å². The maximum absolute atomic E-state index is 13.2.